The molecule has 0 aliphatic carbocycles. The van der Waals surface area contributed by atoms with Gasteiger partial charge in [0.15, 0.2) is 0 Å². The molecular formula is C20H28OSi. The van der Waals surface area contributed by atoms with E-state index in [-0.39, 0.29) is 5.04 Å². The summed E-state index contributed by atoms with van der Waals surface area (Å²) in [6.07, 6.45) is 11.7. The number of benzene rings is 1. The van der Waals surface area contributed by atoms with Crippen LogP contribution in [0.25, 0.3) is 5.76 Å². The Bertz CT molecular complexity index is 557. The highest BCUT2D eigenvalue weighted by molar-refractivity contribution is 6.74. The Kier molecular flexibility index (Phi) is 6.63. The molecule has 0 N–H and O–H groups in total. The van der Waals surface area contributed by atoms with Gasteiger partial charge in [-0.05, 0) is 24.2 Å². The Morgan fingerprint density at radius 2 is 1.59 bits per heavy atom. The van der Waals surface area contributed by atoms with Gasteiger partial charge in [-0.3, -0.25) is 0 Å². The molecule has 2 heteroatoms. The molecule has 0 aliphatic rings. The maximum atomic E-state index is 6.50. The molecular weight excluding hydrogens is 284 g/mol. The molecule has 0 saturated carbocycles. The van der Waals surface area contributed by atoms with Crippen LogP contribution < -0.4 is 0 Å². The van der Waals surface area contributed by atoms with E-state index in [0.717, 1.165) is 11.3 Å². The topological polar surface area (TPSA) is 9.23 Å². The van der Waals surface area contributed by atoms with Crippen LogP contribution in [0.15, 0.2) is 73.4 Å². The highest BCUT2D eigenvalue weighted by Crippen LogP contribution is 2.39. The van der Waals surface area contributed by atoms with E-state index in [1.807, 2.05) is 48.6 Å². The van der Waals surface area contributed by atoms with E-state index in [1.165, 1.54) is 0 Å². The minimum atomic E-state index is -1.86. The number of rotatable bonds is 6. The van der Waals surface area contributed by atoms with Crippen molar-refractivity contribution in [2.75, 3.05) is 0 Å². The largest absolute Gasteiger partial charge is 0.543 e. The Labute approximate surface area is 136 Å². The standard InChI is InChI=1S/C20H28OSi/c1-7-8-9-10-14-17-19(18-15-12-11-13-16-18)21-22(5,6)20(2,3)4/h7-17H,1H2,2-6H3/b9-8+,14-10+,19-17-. The monoisotopic (exact) mass is 312 g/mol. The second-order valence-corrected chi connectivity index (χ2v) is 11.5. The fraction of sp³-hybridized carbons (Fsp3) is 0.300. The van der Waals surface area contributed by atoms with Crippen molar-refractivity contribution in [2.45, 2.75) is 38.9 Å². The molecule has 0 aromatic heterocycles. The summed E-state index contributed by atoms with van der Waals surface area (Å²) in [4.78, 5) is 0. The molecule has 1 aromatic rings. The third-order valence-electron chi connectivity index (χ3n) is 3.95. The summed E-state index contributed by atoms with van der Waals surface area (Å²) in [6, 6.07) is 10.3. The van der Waals surface area contributed by atoms with Crippen molar-refractivity contribution < 1.29 is 4.43 Å². The molecule has 22 heavy (non-hydrogen) atoms. The zero-order valence-electron chi connectivity index (χ0n) is 14.5. The molecule has 0 aliphatic heterocycles. The van der Waals surface area contributed by atoms with E-state index in [9.17, 15) is 0 Å². The highest BCUT2D eigenvalue weighted by Gasteiger charge is 2.39. The van der Waals surface area contributed by atoms with Crippen LogP contribution in [0.5, 0.6) is 0 Å². The minimum absolute atomic E-state index is 0.174. The lowest BCUT2D eigenvalue weighted by molar-refractivity contribution is 0.458. The van der Waals surface area contributed by atoms with Gasteiger partial charge in [-0.25, -0.2) is 0 Å². The third-order valence-corrected chi connectivity index (χ3v) is 8.29. The van der Waals surface area contributed by atoms with E-state index >= 15 is 0 Å². The highest BCUT2D eigenvalue weighted by atomic mass is 28.4. The van der Waals surface area contributed by atoms with Gasteiger partial charge in [0, 0.05) is 5.56 Å². The van der Waals surface area contributed by atoms with Gasteiger partial charge in [-0.2, -0.15) is 0 Å². The van der Waals surface area contributed by atoms with Crippen LogP contribution in [-0.4, -0.2) is 8.32 Å². The van der Waals surface area contributed by atoms with E-state index < -0.39 is 8.32 Å². The maximum Gasteiger partial charge on any atom is 0.250 e. The first-order valence-electron chi connectivity index (χ1n) is 7.68. The molecule has 0 spiro atoms. The van der Waals surface area contributed by atoms with Gasteiger partial charge in [-0.1, -0.05) is 88.1 Å². The van der Waals surface area contributed by atoms with Gasteiger partial charge in [-0.15, -0.1) is 0 Å². The van der Waals surface area contributed by atoms with Crippen LogP contribution in [0.4, 0.5) is 0 Å². The predicted octanol–water partition coefficient (Wildman–Crippen LogP) is 6.35. The molecule has 0 amide bonds. The average molecular weight is 313 g/mol. The van der Waals surface area contributed by atoms with Gasteiger partial charge < -0.3 is 4.43 Å². The Balaban J connectivity index is 3.08. The van der Waals surface area contributed by atoms with Crippen molar-refractivity contribution in [1.82, 2.24) is 0 Å². The van der Waals surface area contributed by atoms with E-state index in [0.29, 0.717) is 0 Å². The van der Waals surface area contributed by atoms with Crippen molar-refractivity contribution in [3.05, 3.63) is 78.9 Å². The van der Waals surface area contributed by atoms with Crippen LogP contribution in [0.2, 0.25) is 18.1 Å². The molecule has 118 valence electrons. The lowest BCUT2D eigenvalue weighted by Gasteiger charge is -2.37. The summed E-state index contributed by atoms with van der Waals surface area (Å²) in [5.41, 5.74) is 1.12. The van der Waals surface area contributed by atoms with Gasteiger partial charge in [0.2, 0.25) is 0 Å². The maximum absolute atomic E-state index is 6.50. The summed E-state index contributed by atoms with van der Waals surface area (Å²) in [5, 5.41) is 0.174. The van der Waals surface area contributed by atoms with Crippen molar-refractivity contribution in [3.63, 3.8) is 0 Å². The van der Waals surface area contributed by atoms with Crippen LogP contribution in [-0.2, 0) is 4.43 Å². The van der Waals surface area contributed by atoms with Gasteiger partial charge in [0.1, 0.15) is 5.76 Å². The van der Waals surface area contributed by atoms with Crippen molar-refractivity contribution in [2.24, 2.45) is 0 Å². The van der Waals surface area contributed by atoms with Crippen molar-refractivity contribution >= 4 is 14.1 Å². The zero-order valence-corrected chi connectivity index (χ0v) is 15.5. The third kappa shape index (κ3) is 5.53. The summed E-state index contributed by atoms with van der Waals surface area (Å²) >= 11 is 0. The van der Waals surface area contributed by atoms with E-state index in [4.69, 9.17) is 4.43 Å². The Morgan fingerprint density at radius 3 is 2.14 bits per heavy atom. The van der Waals surface area contributed by atoms with Gasteiger partial charge >= 0.3 is 0 Å². The zero-order chi connectivity index (χ0) is 16.6. The second kappa shape index (κ2) is 8.00. The molecule has 1 nitrogen and oxygen atoms in total. The van der Waals surface area contributed by atoms with Crippen molar-refractivity contribution in [1.29, 1.82) is 0 Å². The molecule has 1 rings (SSSR count). The van der Waals surface area contributed by atoms with E-state index in [2.05, 4.69) is 52.6 Å². The molecule has 0 unspecified atom stereocenters. The summed E-state index contributed by atoms with van der Waals surface area (Å²) in [7, 11) is -1.86. The minimum Gasteiger partial charge on any atom is -0.543 e. The first kappa shape index (κ1) is 18.2. The van der Waals surface area contributed by atoms with Crippen LogP contribution >= 0.6 is 0 Å². The van der Waals surface area contributed by atoms with Crippen LogP contribution in [0, 0.1) is 0 Å². The molecule has 0 bridgehead atoms. The summed E-state index contributed by atoms with van der Waals surface area (Å²) in [5.74, 6) is 0.940. The Hall–Kier alpha value is -1.80. The lowest BCUT2D eigenvalue weighted by atomic mass is 10.2. The molecule has 1 aromatic carbocycles. The normalized spacial score (nSPS) is 13.8. The number of hydrogen-bond donors (Lipinski definition) is 0. The second-order valence-electron chi connectivity index (χ2n) is 6.76. The molecule has 0 radical (unpaired) electrons. The summed E-state index contributed by atoms with van der Waals surface area (Å²) in [6.45, 7) is 15.0. The smallest absolute Gasteiger partial charge is 0.250 e. The summed E-state index contributed by atoms with van der Waals surface area (Å²) < 4.78 is 6.50. The molecule has 0 saturated heterocycles. The molecule has 0 fully saturated rings. The quantitative estimate of drug-likeness (QED) is 0.338. The number of allylic oxidation sites excluding steroid dienone is 6. The van der Waals surface area contributed by atoms with Gasteiger partial charge in [0.05, 0.1) is 0 Å². The first-order valence-corrected chi connectivity index (χ1v) is 10.6. The molecule has 0 atom stereocenters. The fourth-order valence-electron chi connectivity index (χ4n) is 1.57. The SMILES string of the molecule is C=C/C=C/C=C/C=C(\O[Si](C)(C)C(C)(C)C)c1ccccc1. The Morgan fingerprint density at radius 1 is 1.00 bits per heavy atom. The van der Waals surface area contributed by atoms with E-state index in [1.54, 1.807) is 6.08 Å². The van der Waals surface area contributed by atoms with Gasteiger partial charge in [0.25, 0.3) is 8.32 Å². The fourth-order valence-corrected chi connectivity index (χ4v) is 2.61. The van der Waals surface area contributed by atoms with Crippen LogP contribution in [0.3, 0.4) is 0 Å². The van der Waals surface area contributed by atoms with Crippen LogP contribution in [0.1, 0.15) is 26.3 Å². The average Bonchev–Trinajstić information content (AvgIpc) is 2.45. The predicted molar refractivity (Wildman–Crippen MR) is 101 cm³/mol. The number of hydrogen-bond acceptors (Lipinski definition) is 1. The lowest BCUT2D eigenvalue weighted by Crippen LogP contribution is -2.40. The first-order chi connectivity index (χ1) is 10.3. The van der Waals surface area contributed by atoms with Crippen molar-refractivity contribution in [3.8, 4) is 0 Å². The molecule has 0 heterocycles.